The Balaban J connectivity index is 1.24. The third-order valence-electron chi connectivity index (χ3n) is 6.04. The van der Waals surface area contributed by atoms with Gasteiger partial charge in [-0.05, 0) is 60.0 Å². The van der Waals surface area contributed by atoms with E-state index in [-0.39, 0.29) is 6.04 Å². The maximum absolute atomic E-state index is 12.8. The zero-order chi connectivity index (χ0) is 21.3. The highest BCUT2D eigenvalue weighted by Crippen LogP contribution is 2.37. The van der Waals surface area contributed by atoms with Crippen LogP contribution in [0.25, 0.3) is 10.8 Å². The van der Waals surface area contributed by atoms with E-state index in [0.29, 0.717) is 31.2 Å². The minimum atomic E-state index is -3.55. The first kappa shape index (κ1) is 20.3. The molecule has 2 aliphatic rings. The SMILES string of the molecule is O=S(=O)(NCCN1CCCC1c1ccc2c(c1)OCCO2)c1ccc2ccccc2c1. The zero-order valence-electron chi connectivity index (χ0n) is 17.3. The van der Waals surface area contributed by atoms with Crippen molar-refractivity contribution in [2.24, 2.45) is 0 Å². The average molecular weight is 439 g/mol. The van der Waals surface area contributed by atoms with Crippen LogP contribution in [0.1, 0.15) is 24.4 Å². The van der Waals surface area contributed by atoms with E-state index in [1.54, 1.807) is 12.1 Å². The molecule has 2 aliphatic heterocycles. The van der Waals surface area contributed by atoms with Gasteiger partial charge in [-0.1, -0.05) is 36.4 Å². The van der Waals surface area contributed by atoms with Crippen LogP contribution in [-0.4, -0.2) is 46.2 Å². The number of rotatable bonds is 6. The fourth-order valence-corrected chi connectivity index (χ4v) is 5.54. The van der Waals surface area contributed by atoms with Gasteiger partial charge < -0.3 is 9.47 Å². The fourth-order valence-electron chi connectivity index (χ4n) is 4.48. The van der Waals surface area contributed by atoms with Crippen molar-refractivity contribution in [1.82, 2.24) is 9.62 Å². The summed E-state index contributed by atoms with van der Waals surface area (Å²) in [5.74, 6) is 1.59. The molecule has 1 saturated heterocycles. The molecular formula is C24H26N2O4S. The molecule has 31 heavy (non-hydrogen) atoms. The van der Waals surface area contributed by atoms with Gasteiger partial charge in [-0.15, -0.1) is 0 Å². The van der Waals surface area contributed by atoms with Crippen molar-refractivity contribution in [2.75, 3.05) is 32.8 Å². The van der Waals surface area contributed by atoms with E-state index in [2.05, 4.69) is 21.8 Å². The molecule has 0 aliphatic carbocycles. The lowest BCUT2D eigenvalue weighted by Crippen LogP contribution is -2.34. The lowest BCUT2D eigenvalue weighted by molar-refractivity contribution is 0.170. The van der Waals surface area contributed by atoms with Gasteiger partial charge in [-0.25, -0.2) is 13.1 Å². The third kappa shape index (κ3) is 4.26. The van der Waals surface area contributed by atoms with Crippen LogP contribution in [0.15, 0.2) is 65.6 Å². The second-order valence-corrected chi connectivity index (χ2v) is 9.77. The van der Waals surface area contributed by atoms with Crippen LogP contribution in [0, 0.1) is 0 Å². The van der Waals surface area contributed by atoms with Crippen LogP contribution in [0.2, 0.25) is 0 Å². The quantitative estimate of drug-likeness (QED) is 0.635. The highest BCUT2D eigenvalue weighted by Gasteiger charge is 2.27. The van der Waals surface area contributed by atoms with Crippen LogP contribution in [-0.2, 0) is 10.0 Å². The molecule has 1 atom stereocenters. The van der Waals surface area contributed by atoms with Crippen LogP contribution < -0.4 is 14.2 Å². The summed E-state index contributed by atoms with van der Waals surface area (Å²) in [6.07, 6.45) is 2.15. The molecule has 1 fully saturated rings. The fraction of sp³-hybridized carbons (Fsp3) is 0.333. The molecule has 3 aromatic rings. The number of benzene rings is 3. The number of nitrogens with zero attached hydrogens (tertiary/aromatic N) is 1. The van der Waals surface area contributed by atoms with Crippen molar-refractivity contribution in [2.45, 2.75) is 23.8 Å². The molecule has 0 amide bonds. The van der Waals surface area contributed by atoms with Crippen molar-refractivity contribution in [3.8, 4) is 11.5 Å². The summed E-state index contributed by atoms with van der Waals surface area (Å²) < 4.78 is 39.7. The first-order valence-corrected chi connectivity index (χ1v) is 12.2. The predicted molar refractivity (Wildman–Crippen MR) is 120 cm³/mol. The minimum Gasteiger partial charge on any atom is -0.486 e. The monoisotopic (exact) mass is 438 g/mol. The van der Waals surface area contributed by atoms with E-state index >= 15 is 0 Å². The van der Waals surface area contributed by atoms with Gasteiger partial charge in [0, 0.05) is 19.1 Å². The number of hydrogen-bond acceptors (Lipinski definition) is 5. The average Bonchev–Trinajstić information content (AvgIpc) is 3.27. The molecule has 162 valence electrons. The molecule has 1 unspecified atom stereocenters. The summed E-state index contributed by atoms with van der Waals surface area (Å²) in [5, 5.41) is 1.95. The van der Waals surface area contributed by atoms with Crippen molar-refractivity contribution >= 4 is 20.8 Å². The Bertz CT molecular complexity index is 1200. The smallest absolute Gasteiger partial charge is 0.240 e. The molecular weight excluding hydrogens is 412 g/mol. The molecule has 0 bridgehead atoms. The lowest BCUT2D eigenvalue weighted by atomic mass is 10.0. The van der Waals surface area contributed by atoms with Crippen LogP contribution >= 0.6 is 0 Å². The Hall–Kier alpha value is -2.61. The highest BCUT2D eigenvalue weighted by molar-refractivity contribution is 7.89. The van der Waals surface area contributed by atoms with E-state index in [1.165, 1.54) is 5.56 Å². The summed E-state index contributed by atoms with van der Waals surface area (Å²) in [6.45, 7) is 3.14. The predicted octanol–water partition coefficient (Wildman–Crippen LogP) is 3.73. The number of ether oxygens (including phenoxy) is 2. The lowest BCUT2D eigenvalue weighted by Gasteiger charge is -2.26. The summed E-state index contributed by atoms with van der Waals surface area (Å²) in [5.41, 5.74) is 1.19. The van der Waals surface area contributed by atoms with E-state index in [1.807, 2.05) is 36.4 Å². The van der Waals surface area contributed by atoms with Gasteiger partial charge in [0.25, 0.3) is 0 Å². The van der Waals surface area contributed by atoms with Crippen LogP contribution in [0.4, 0.5) is 0 Å². The van der Waals surface area contributed by atoms with Crippen molar-refractivity contribution in [3.05, 3.63) is 66.2 Å². The van der Waals surface area contributed by atoms with Gasteiger partial charge in [0.15, 0.2) is 11.5 Å². The third-order valence-corrected chi connectivity index (χ3v) is 7.50. The summed E-state index contributed by atoms with van der Waals surface area (Å²) >= 11 is 0. The molecule has 2 heterocycles. The first-order valence-electron chi connectivity index (χ1n) is 10.7. The molecule has 0 radical (unpaired) electrons. The molecule has 7 heteroatoms. The van der Waals surface area contributed by atoms with Crippen LogP contribution in [0.5, 0.6) is 11.5 Å². The van der Waals surface area contributed by atoms with Gasteiger partial charge in [0.05, 0.1) is 4.90 Å². The second kappa shape index (κ2) is 8.49. The van der Waals surface area contributed by atoms with E-state index in [4.69, 9.17) is 9.47 Å². The maximum Gasteiger partial charge on any atom is 0.240 e. The summed E-state index contributed by atoms with van der Waals surface area (Å²) in [7, 11) is -3.55. The molecule has 3 aromatic carbocycles. The summed E-state index contributed by atoms with van der Waals surface area (Å²) in [4.78, 5) is 2.64. The van der Waals surface area contributed by atoms with Crippen molar-refractivity contribution in [3.63, 3.8) is 0 Å². The largest absolute Gasteiger partial charge is 0.486 e. The normalized spacial score (nSPS) is 19.0. The first-order chi connectivity index (χ1) is 15.1. The Morgan fingerprint density at radius 1 is 0.935 bits per heavy atom. The number of nitrogens with one attached hydrogen (secondary N) is 1. The zero-order valence-corrected chi connectivity index (χ0v) is 18.1. The number of fused-ring (bicyclic) bond motifs is 2. The number of sulfonamides is 1. The van der Waals surface area contributed by atoms with Crippen molar-refractivity contribution < 1.29 is 17.9 Å². The highest BCUT2D eigenvalue weighted by atomic mass is 32.2. The Morgan fingerprint density at radius 3 is 2.61 bits per heavy atom. The molecule has 0 saturated carbocycles. The number of hydrogen-bond donors (Lipinski definition) is 1. The molecule has 6 nitrogen and oxygen atoms in total. The molecule has 0 aromatic heterocycles. The van der Waals surface area contributed by atoms with E-state index in [9.17, 15) is 8.42 Å². The van der Waals surface area contributed by atoms with Gasteiger partial charge in [-0.2, -0.15) is 0 Å². The minimum absolute atomic E-state index is 0.265. The number of likely N-dealkylation sites (tertiary alicyclic amines) is 1. The topological polar surface area (TPSA) is 67.9 Å². The van der Waals surface area contributed by atoms with Crippen LogP contribution in [0.3, 0.4) is 0 Å². The Labute approximate surface area is 182 Å². The van der Waals surface area contributed by atoms with Gasteiger partial charge >= 0.3 is 0 Å². The van der Waals surface area contributed by atoms with Gasteiger partial charge in [-0.3, -0.25) is 4.90 Å². The second-order valence-electron chi connectivity index (χ2n) is 8.00. The maximum atomic E-state index is 12.8. The van der Waals surface area contributed by atoms with E-state index in [0.717, 1.165) is 41.7 Å². The van der Waals surface area contributed by atoms with E-state index < -0.39 is 10.0 Å². The molecule has 5 rings (SSSR count). The summed E-state index contributed by atoms with van der Waals surface area (Å²) in [6, 6.07) is 19.4. The Kier molecular flexibility index (Phi) is 5.56. The molecule has 1 N–H and O–H groups in total. The van der Waals surface area contributed by atoms with Crippen molar-refractivity contribution in [1.29, 1.82) is 0 Å². The van der Waals surface area contributed by atoms with Gasteiger partial charge in [0.1, 0.15) is 13.2 Å². The standard InChI is InChI=1S/C24H26N2O4S/c27-31(28,21-9-7-18-4-1-2-5-19(18)16-21)25-11-13-26-12-3-6-22(26)20-8-10-23-24(17-20)30-15-14-29-23/h1-2,4-5,7-10,16-17,22,25H,3,6,11-15H2. The van der Waals surface area contributed by atoms with Gasteiger partial charge in [0.2, 0.25) is 10.0 Å². The molecule has 0 spiro atoms. The Morgan fingerprint density at radius 2 is 1.74 bits per heavy atom.